The van der Waals surface area contributed by atoms with Crippen LogP contribution in [0.15, 0.2) is 0 Å². The molecule has 1 heterocycles. The van der Waals surface area contributed by atoms with Gasteiger partial charge >= 0.3 is 0 Å². The van der Waals surface area contributed by atoms with Gasteiger partial charge in [0, 0.05) is 11.8 Å². The molecule has 0 amide bonds. The molecule has 2 rings (SSSR count). The zero-order chi connectivity index (χ0) is 12.4. The van der Waals surface area contributed by atoms with Crippen LogP contribution in [0.2, 0.25) is 0 Å². The number of nitrogens with one attached hydrogen (secondary N) is 1. The molecule has 100 valence electrons. The zero-order valence-corrected chi connectivity index (χ0v) is 12.3. The summed E-state index contributed by atoms with van der Waals surface area (Å²) in [5, 5.41) is 0. The highest BCUT2D eigenvalue weighted by molar-refractivity contribution is 4.75. The molecule has 5 atom stereocenters. The van der Waals surface area contributed by atoms with E-state index in [0.29, 0.717) is 0 Å². The number of piperidine rings is 1. The molecule has 1 saturated carbocycles. The molecule has 0 aromatic carbocycles. The molecular formula is C16H32N+. The van der Waals surface area contributed by atoms with E-state index in [2.05, 4.69) is 27.7 Å². The molecule has 2 fully saturated rings. The van der Waals surface area contributed by atoms with E-state index in [4.69, 9.17) is 0 Å². The summed E-state index contributed by atoms with van der Waals surface area (Å²) in [6, 6.07) is 0.915. The molecule has 0 bridgehead atoms. The Labute approximate surface area is 108 Å². The second kappa shape index (κ2) is 5.73. The van der Waals surface area contributed by atoms with Crippen LogP contribution in [0.4, 0.5) is 0 Å². The van der Waals surface area contributed by atoms with Gasteiger partial charge in [-0.25, -0.2) is 0 Å². The Morgan fingerprint density at radius 2 is 1.47 bits per heavy atom. The van der Waals surface area contributed by atoms with E-state index in [0.717, 1.165) is 29.7 Å². The first-order chi connectivity index (χ1) is 8.04. The third kappa shape index (κ3) is 3.71. The van der Waals surface area contributed by atoms with Crippen molar-refractivity contribution in [2.75, 3.05) is 13.1 Å². The summed E-state index contributed by atoms with van der Waals surface area (Å²) in [5.41, 5.74) is 0. The fraction of sp³-hybridized carbons (Fsp3) is 1.00. The Hall–Kier alpha value is -0.0400. The van der Waals surface area contributed by atoms with Crippen molar-refractivity contribution in [2.24, 2.45) is 23.7 Å². The summed E-state index contributed by atoms with van der Waals surface area (Å²) in [6.45, 7) is 12.7. The highest BCUT2D eigenvalue weighted by atomic mass is 15.2. The highest BCUT2D eigenvalue weighted by Crippen LogP contribution is 2.32. The van der Waals surface area contributed by atoms with Crippen molar-refractivity contribution in [3.8, 4) is 0 Å². The maximum atomic E-state index is 2.47. The maximum absolute atomic E-state index is 2.47. The molecule has 17 heavy (non-hydrogen) atoms. The van der Waals surface area contributed by atoms with E-state index in [-0.39, 0.29) is 0 Å². The molecule has 0 aromatic heterocycles. The van der Waals surface area contributed by atoms with Crippen LogP contribution in [0.1, 0.15) is 59.8 Å². The SMILES string of the molecule is CC1CC(C)CC(C[NH+]2CC(C)CCC2C)C1. The summed E-state index contributed by atoms with van der Waals surface area (Å²) < 4.78 is 0. The number of hydrogen-bond acceptors (Lipinski definition) is 0. The predicted octanol–water partition coefficient (Wildman–Crippen LogP) is 2.76. The molecule has 0 spiro atoms. The lowest BCUT2D eigenvalue weighted by Crippen LogP contribution is -3.17. The van der Waals surface area contributed by atoms with Crippen molar-refractivity contribution in [3.63, 3.8) is 0 Å². The highest BCUT2D eigenvalue weighted by Gasteiger charge is 2.31. The Balaban J connectivity index is 1.86. The molecule has 2 aliphatic rings. The summed E-state index contributed by atoms with van der Waals surface area (Å²) >= 11 is 0. The van der Waals surface area contributed by atoms with Gasteiger partial charge in [-0.15, -0.1) is 0 Å². The summed E-state index contributed by atoms with van der Waals surface area (Å²) in [6.07, 6.45) is 7.37. The van der Waals surface area contributed by atoms with Crippen LogP contribution in [-0.4, -0.2) is 19.1 Å². The van der Waals surface area contributed by atoms with Crippen molar-refractivity contribution < 1.29 is 4.90 Å². The van der Waals surface area contributed by atoms with Crippen LogP contribution in [0.3, 0.4) is 0 Å². The smallest absolute Gasteiger partial charge is 0.0846 e. The fourth-order valence-corrected chi connectivity index (χ4v) is 4.43. The van der Waals surface area contributed by atoms with E-state index in [1.165, 1.54) is 45.2 Å². The molecule has 1 heteroatoms. The minimum atomic E-state index is 0.915. The second-order valence-corrected chi connectivity index (χ2v) is 7.43. The van der Waals surface area contributed by atoms with Gasteiger partial charge in [-0.2, -0.15) is 0 Å². The monoisotopic (exact) mass is 238 g/mol. The molecule has 0 aromatic rings. The molecule has 1 aliphatic carbocycles. The third-order valence-electron chi connectivity index (χ3n) is 5.23. The normalized spacial score (nSPS) is 48.0. The van der Waals surface area contributed by atoms with Gasteiger partial charge in [-0.3, -0.25) is 0 Å². The molecule has 1 nitrogen and oxygen atoms in total. The third-order valence-corrected chi connectivity index (χ3v) is 5.23. The quantitative estimate of drug-likeness (QED) is 0.754. The summed E-state index contributed by atoms with van der Waals surface area (Å²) in [5.74, 6) is 3.91. The maximum Gasteiger partial charge on any atom is 0.0846 e. The van der Waals surface area contributed by atoms with Crippen molar-refractivity contribution in [1.82, 2.24) is 0 Å². The summed E-state index contributed by atoms with van der Waals surface area (Å²) in [4.78, 5) is 1.91. The van der Waals surface area contributed by atoms with Crippen LogP contribution in [0, 0.1) is 23.7 Å². The standard InChI is InChI=1S/C16H31N/c1-12-5-6-15(4)17(10-12)11-16-8-13(2)7-14(3)9-16/h12-16H,5-11H2,1-4H3/p+1. The lowest BCUT2D eigenvalue weighted by atomic mass is 9.76. The van der Waals surface area contributed by atoms with Gasteiger partial charge in [-0.05, 0) is 50.9 Å². The second-order valence-electron chi connectivity index (χ2n) is 7.43. The van der Waals surface area contributed by atoms with E-state index < -0.39 is 0 Å². The van der Waals surface area contributed by atoms with E-state index in [9.17, 15) is 0 Å². The molecule has 5 unspecified atom stereocenters. The topological polar surface area (TPSA) is 4.44 Å². The van der Waals surface area contributed by atoms with Crippen LogP contribution < -0.4 is 4.90 Å². The van der Waals surface area contributed by atoms with Gasteiger partial charge in [0.2, 0.25) is 0 Å². The molecule has 1 N–H and O–H groups in total. The number of rotatable bonds is 2. The van der Waals surface area contributed by atoms with Crippen molar-refractivity contribution >= 4 is 0 Å². The summed E-state index contributed by atoms with van der Waals surface area (Å²) in [7, 11) is 0. The van der Waals surface area contributed by atoms with Gasteiger partial charge in [0.1, 0.15) is 0 Å². The minimum absolute atomic E-state index is 0.915. The first-order valence-corrected chi connectivity index (χ1v) is 7.89. The van der Waals surface area contributed by atoms with Crippen molar-refractivity contribution in [1.29, 1.82) is 0 Å². The van der Waals surface area contributed by atoms with Crippen LogP contribution in [-0.2, 0) is 0 Å². The number of likely N-dealkylation sites (tertiary alicyclic amines) is 1. The molecule has 1 aliphatic heterocycles. The number of quaternary nitrogens is 1. The predicted molar refractivity (Wildman–Crippen MR) is 74.2 cm³/mol. The van der Waals surface area contributed by atoms with Crippen LogP contribution in [0.5, 0.6) is 0 Å². The first kappa shape index (κ1) is 13.4. The fourth-order valence-electron chi connectivity index (χ4n) is 4.43. The van der Waals surface area contributed by atoms with E-state index >= 15 is 0 Å². The van der Waals surface area contributed by atoms with Crippen LogP contribution in [0.25, 0.3) is 0 Å². The Kier molecular flexibility index (Phi) is 4.52. The van der Waals surface area contributed by atoms with E-state index in [1.807, 2.05) is 4.90 Å². The zero-order valence-electron chi connectivity index (χ0n) is 12.3. The van der Waals surface area contributed by atoms with Gasteiger partial charge in [-0.1, -0.05) is 20.8 Å². The Morgan fingerprint density at radius 1 is 0.824 bits per heavy atom. The van der Waals surface area contributed by atoms with Crippen LogP contribution >= 0.6 is 0 Å². The van der Waals surface area contributed by atoms with Crippen molar-refractivity contribution in [3.05, 3.63) is 0 Å². The van der Waals surface area contributed by atoms with E-state index in [1.54, 1.807) is 0 Å². The van der Waals surface area contributed by atoms with Gasteiger partial charge in [0.15, 0.2) is 0 Å². The minimum Gasteiger partial charge on any atom is -0.332 e. The van der Waals surface area contributed by atoms with Gasteiger partial charge in [0.05, 0.1) is 19.1 Å². The van der Waals surface area contributed by atoms with Gasteiger partial charge < -0.3 is 4.90 Å². The lowest BCUT2D eigenvalue weighted by molar-refractivity contribution is -0.935. The molecular weight excluding hydrogens is 206 g/mol. The van der Waals surface area contributed by atoms with Gasteiger partial charge in [0.25, 0.3) is 0 Å². The van der Waals surface area contributed by atoms with Crippen molar-refractivity contribution in [2.45, 2.75) is 65.8 Å². The number of hydrogen-bond donors (Lipinski definition) is 1. The average Bonchev–Trinajstić information content (AvgIpc) is 2.22. The lowest BCUT2D eigenvalue weighted by Gasteiger charge is -2.38. The molecule has 1 saturated heterocycles. The Morgan fingerprint density at radius 3 is 2.12 bits per heavy atom. The average molecular weight is 238 g/mol. The first-order valence-electron chi connectivity index (χ1n) is 7.89. The molecule has 0 radical (unpaired) electrons. The largest absolute Gasteiger partial charge is 0.332 e. The Bertz CT molecular complexity index is 228.